The lowest BCUT2D eigenvalue weighted by Gasteiger charge is -2.07. The third-order valence-electron chi connectivity index (χ3n) is 4.09. The summed E-state index contributed by atoms with van der Waals surface area (Å²) in [6.45, 7) is 2.75. The lowest BCUT2D eigenvalue weighted by Crippen LogP contribution is -2.26. The fraction of sp³-hybridized carbons (Fsp3) is 0.316. The summed E-state index contributed by atoms with van der Waals surface area (Å²) in [5.74, 6) is -0.555. The minimum Gasteiger partial charge on any atom is -0.462 e. The molecule has 0 unspecified atom stereocenters. The van der Waals surface area contributed by atoms with Crippen LogP contribution >= 0.6 is 11.3 Å². The molecule has 0 atom stereocenters. The number of esters is 1. The van der Waals surface area contributed by atoms with Crippen molar-refractivity contribution < 1.29 is 19.2 Å². The van der Waals surface area contributed by atoms with E-state index in [9.17, 15) is 19.7 Å². The van der Waals surface area contributed by atoms with Crippen LogP contribution in [0, 0.1) is 10.1 Å². The molecule has 1 aromatic carbocycles. The van der Waals surface area contributed by atoms with E-state index in [1.165, 1.54) is 34.4 Å². The van der Waals surface area contributed by atoms with Gasteiger partial charge in [-0.05, 0) is 24.1 Å². The van der Waals surface area contributed by atoms with Crippen molar-refractivity contribution in [2.45, 2.75) is 19.9 Å². The quantitative estimate of drug-likeness (QED) is 0.228. The Morgan fingerprint density at radius 3 is 2.69 bits per heavy atom. The van der Waals surface area contributed by atoms with Crippen LogP contribution in [-0.2, 0) is 20.8 Å². The molecule has 0 amide bonds. The molecule has 0 bridgehead atoms. The fourth-order valence-corrected chi connectivity index (χ4v) is 3.61. The van der Waals surface area contributed by atoms with E-state index in [2.05, 4.69) is 4.98 Å². The van der Waals surface area contributed by atoms with E-state index in [-0.39, 0.29) is 24.4 Å². The van der Waals surface area contributed by atoms with Gasteiger partial charge in [-0.15, -0.1) is 11.3 Å². The number of fused-ring (bicyclic) bond motifs is 1. The van der Waals surface area contributed by atoms with Gasteiger partial charge in [-0.1, -0.05) is 6.92 Å². The van der Waals surface area contributed by atoms with Crippen LogP contribution in [0.5, 0.6) is 0 Å². The van der Waals surface area contributed by atoms with Crippen molar-refractivity contribution in [3.05, 3.63) is 56.4 Å². The second-order valence-corrected chi connectivity index (χ2v) is 7.00. The van der Waals surface area contributed by atoms with Gasteiger partial charge in [0.15, 0.2) is 0 Å². The Morgan fingerprint density at radius 2 is 2.00 bits per heavy atom. The van der Waals surface area contributed by atoms with E-state index >= 15 is 0 Å². The van der Waals surface area contributed by atoms with Crippen molar-refractivity contribution in [3.8, 4) is 11.1 Å². The highest BCUT2D eigenvalue weighted by Crippen LogP contribution is 2.31. The Labute approximate surface area is 169 Å². The number of non-ortho nitro benzene ring substituents is 1. The molecule has 152 valence electrons. The number of aromatic nitrogens is 2. The number of nitrogens with zero attached hydrogens (tertiary/aromatic N) is 3. The smallest absolute Gasteiger partial charge is 0.326 e. The van der Waals surface area contributed by atoms with Crippen molar-refractivity contribution in [1.29, 1.82) is 0 Å². The summed E-state index contributed by atoms with van der Waals surface area (Å²) in [7, 11) is 0. The Hall–Kier alpha value is -3.11. The molecule has 9 nitrogen and oxygen atoms in total. The lowest BCUT2D eigenvalue weighted by molar-refractivity contribution is -0.384. The highest BCUT2D eigenvalue weighted by molar-refractivity contribution is 7.17. The third kappa shape index (κ3) is 4.84. The largest absolute Gasteiger partial charge is 0.462 e. The number of carbonyl (C=O) groups excluding carboxylic acids is 1. The van der Waals surface area contributed by atoms with Gasteiger partial charge in [-0.2, -0.15) is 0 Å². The Bertz CT molecular complexity index is 1070. The first-order chi connectivity index (χ1) is 14.0. The standard InChI is InChI=1S/C19H19N3O6S/c1-2-7-27-8-9-28-16(23)10-21-12-20-18-17(19(21)24)15(11-29-18)13-3-5-14(6-4-13)22(25)26/h3-6,11-12H,2,7-10H2,1H3. The molecule has 0 fully saturated rings. The van der Waals surface area contributed by atoms with Crippen LogP contribution in [0.2, 0.25) is 0 Å². The number of benzene rings is 1. The normalized spacial score (nSPS) is 10.9. The van der Waals surface area contributed by atoms with Crippen LogP contribution in [0.4, 0.5) is 5.69 Å². The maximum Gasteiger partial charge on any atom is 0.326 e. The minimum atomic E-state index is -0.555. The summed E-state index contributed by atoms with van der Waals surface area (Å²) in [6.07, 6.45) is 2.20. The molecule has 0 saturated carbocycles. The topological polar surface area (TPSA) is 114 Å². The third-order valence-corrected chi connectivity index (χ3v) is 4.97. The summed E-state index contributed by atoms with van der Waals surface area (Å²) in [5.41, 5.74) is 0.875. The maximum atomic E-state index is 12.9. The Balaban J connectivity index is 1.80. The first-order valence-corrected chi connectivity index (χ1v) is 9.84. The van der Waals surface area contributed by atoms with Gasteiger partial charge in [-0.3, -0.25) is 24.3 Å². The van der Waals surface area contributed by atoms with Gasteiger partial charge >= 0.3 is 5.97 Å². The van der Waals surface area contributed by atoms with Gasteiger partial charge in [0.1, 0.15) is 18.0 Å². The van der Waals surface area contributed by atoms with Crippen LogP contribution in [0.15, 0.2) is 40.8 Å². The summed E-state index contributed by atoms with van der Waals surface area (Å²) >= 11 is 1.29. The SMILES string of the molecule is CCCOCCOC(=O)Cn1cnc2scc(-c3ccc([N+](=O)[O-])cc3)c2c1=O. The first-order valence-electron chi connectivity index (χ1n) is 8.96. The predicted octanol–water partition coefficient (Wildman–Crippen LogP) is 3.00. The zero-order valence-corrected chi connectivity index (χ0v) is 16.5. The molecule has 2 aromatic heterocycles. The number of rotatable bonds is 9. The summed E-state index contributed by atoms with van der Waals surface area (Å²) in [6, 6.07) is 5.93. The maximum absolute atomic E-state index is 12.9. The number of nitro groups is 1. The molecule has 0 spiro atoms. The van der Waals surface area contributed by atoms with Crippen molar-refractivity contribution >= 4 is 33.2 Å². The van der Waals surface area contributed by atoms with Crippen LogP contribution in [0.3, 0.4) is 0 Å². The first kappa shape index (κ1) is 20.6. The molecule has 29 heavy (non-hydrogen) atoms. The van der Waals surface area contributed by atoms with E-state index in [1.807, 2.05) is 6.92 Å². The average Bonchev–Trinajstić information content (AvgIpc) is 3.15. The molecule has 10 heteroatoms. The van der Waals surface area contributed by atoms with Crippen molar-refractivity contribution in [2.75, 3.05) is 19.8 Å². The molecule has 0 aliphatic heterocycles. The van der Waals surface area contributed by atoms with Gasteiger partial charge < -0.3 is 9.47 Å². The number of ether oxygens (including phenoxy) is 2. The molecular formula is C19H19N3O6S. The molecule has 2 heterocycles. The number of hydrogen-bond donors (Lipinski definition) is 0. The number of hydrogen-bond acceptors (Lipinski definition) is 8. The van der Waals surface area contributed by atoms with E-state index in [1.54, 1.807) is 17.5 Å². The van der Waals surface area contributed by atoms with Gasteiger partial charge in [-0.25, -0.2) is 4.98 Å². The Morgan fingerprint density at radius 1 is 1.24 bits per heavy atom. The summed E-state index contributed by atoms with van der Waals surface area (Å²) in [5, 5.41) is 13.0. The molecule has 0 aliphatic rings. The molecule has 0 radical (unpaired) electrons. The lowest BCUT2D eigenvalue weighted by atomic mass is 10.1. The summed E-state index contributed by atoms with van der Waals surface area (Å²) in [4.78, 5) is 40.0. The molecular weight excluding hydrogens is 398 g/mol. The molecule has 0 saturated heterocycles. The Kier molecular flexibility index (Phi) is 6.68. The van der Waals surface area contributed by atoms with Gasteiger partial charge in [0.25, 0.3) is 11.2 Å². The van der Waals surface area contributed by atoms with Crippen LogP contribution in [0.25, 0.3) is 21.3 Å². The number of nitro benzene ring substituents is 1. The zero-order chi connectivity index (χ0) is 20.8. The zero-order valence-electron chi connectivity index (χ0n) is 15.7. The molecule has 3 rings (SSSR count). The highest BCUT2D eigenvalue weighted by atomic mass is 32.1. The van der Waals surface area contributed by atoms with Crippen LogP contribution in [-0.4, -0.2) is 40.3 Å². The summed E-state index contributed by atoms with van der Waals surface area (Å²) < 4.78 is 11.5. The second kappa shape index (κ2) is 9.39. The van der Waals surface area contributed by atoms with Crippen molar-refractivity contribution in [1.82, 2.24) is 9.55 Å². The molecule has 3 aromatic rings. The monoisotopic (exact) mass is 417 g/mol. The number of carbonyl (C=O) groups is 1. The van der Waals surface area contributed by atoms with Crippen LogP contribution < -0.4 is 5.56 Å². The van der Waals surface area contributed by atoms with Gasteiger partial charge in [0.05, 0.1) is 23.2 Å². The van der Waals surface area contributed by atoms with Crippen molar-refractivity contribution in [3.63, 3.8) is 0 Å². The molecule has 0 aliphatic carbocycles. The minimum absolute atomic E-state index is 0.0329. The second-order valence-electron chi connectivity index (χ2n) is 6.14. The highest BCUT2D eigenvalue weighted by Gasteiger charge is 2.16. The number of thiophene rings is 1. The van der Waals surface area contributed by atoms with E-state index in [0.29, 0.717) is 34.6 Å². The van der Waals surface area contributed by atoms with Crippen molar-refractivity contribution in [2.24, 2.45) is 0 Å². The van der Waals surface area contributed by atoms with Crippen LogP contribution in [0.1, 0.15) is 13.3 Å². The molecule has 0 N–H and O–H groups in total. The van der Waals surface area contributed by atoms with E-state index in [0.717, 1.165) is 6.42 Å². The van der Waals surface area contributed by atoms with Gasteiger partial charge in [0.2, 0.25) is 0 Å². The predicted molar refractivity (Wildman–Crippen MR) is 108 cm³/mol. The van der Waals surface area contributed by atoms with E-state index in [4.69, 9.17) is 9.47 Å². The van der Waals surface area contributed by atoms with Gasteiger partial charge in [0, 0.05) is 29.7 Å². The fourth-order valence-electron chi connectivity index (χ4n) is 2.70. The van der Waals surface area contributed by atoms with E-state index < -0.39 is 10.9 Å². The average molecular weight is 417 g/mol.